The lowest BCUT2D eigenvalue weighted by molar-refractivity contribution is -0.117. The smallest absolute Gasteiger partial charge is 0.0908 e. The number of hydrogen-bond acceptors (Lipinski definition) is 2. The van der Waals surface area contributed by atoms with Crippen molar-refractivity contribution in [3.8, 4) is 0 Å². The second kappa shape index (κ2) is 3.58. The van der Waals surface area contributed by atoms with E-state index < -0.39 is 11.7 Å². The number of fused-ring (bicyclic) bond motifs is 2. The summed E-state index contributed by atoms with van der Waals surface area (Å²) in [5.74, 6) is 0.675. The molecule has 2 N–H and O–H groups in total. The maximum Gasteiger partial charge on any atom is 0.0908 e. The van der Waals surface area contributed by atoms with E-state index >= 15 is 0 Å². The maximum absolute atomic E-state index is 10.2. The lowest BCUT2D eigenvalue weighted by atomic mass is 9.71. The van der Waals surface area contributed by atoms with Crippen LogP contribution in [0.3, 0.4) is 0 Å². The molecule has 0 radical (unpaired) electrons. The molecule has 0 aliphatic heterocycles. The van der Waals surface area contributed by atoms with Crippen LogP contribution in [0.1, 0.15) is 51.4 Å². The average molecular weight is 184 g/mol. The van der Waals surface area contributed by atoms with Crippen molar-refractivity contribution in [2.75, 3.05) is 0 Å². The molecule has 0 saturated heterocycles. The van der Waals surface area contributed by atoms with Gasteiger partial charge in [-0.25, -0.2) is 0 Å². The molecule has 2 bridgehead atoms. The molecule has 0 aromatic heterocycles. The van der Waals surface area contributed by atoms with Gasteiger partial charge in [0.2, 0.25) is 0 Å². The van der Waals surface area contributed by atoms with Crippen LogP contribution in [-0.4, -0.2) is 21.9 Å². The summed E-state index contributed by atoms with van der Waals surface area (Å²) in [6, 6.07) is 0. The minimum Gasteiger partial charge on any atom is -0.390 e. The Morgan fingerprint density at radius 3 is 2.54 bits per heavy atom. The van der Waals surface area contributed by atoms with Crippen molar-refractivity contribution in [3.63, 3.8) is 0 Å². The van der Waals surface area contributed by atoms with Crippen LogP contribution in [0.5, 0.6) is 0 Å². The maximum atomic E-state index is 10.2. The molecule has 0 spiro atoms. The first-order valence-corrected chi connectivity index (χ1v) is 5.61. The van der Waals surface area contributed by atoms with Crippen LogP contribution >= 0.6 is 0 Å². The zero-order valence-corrected chi connectivity index (χ0v) is 8.21. The van der Waals surface area contributed by atoms with E-state index in [-0.39, 0.29) is 0 Å². The second-order valence-electron chi connectivity index (χ2n) is 4.87. The monoisotopic (exact) mass is 184 g/mol. The summed E-state index contributed by atoms with van der Waals surface area (Å²) >= 11 is 0. The van der Waals surface area contributed by atoms with Gasteiger partial charge in [-0.3, -0.25) is 0 Å². The molecule has 0 aromatic rings. The van der Waals surface area contributed by atoms with Gasteiger partial charge in [0.15, 0.2) is 0 Å². The Labute approximate surface area is 80.0 Å². The summed E-state index contributed by atoms with van der Waals surface area (Å²) in [6.45, 7) is 0. The molecule has 2 nitrogen and oxygen atoms in total. The van der Waals surface area contributed by atoms with Gasteiger partial charge in [0.1, 0.15) is 0 Å². The van der Waals surface area contributed by atoms with Gasteiger partial charge < -0.3 is 10.2 Å². The Kier molecular flexibility index (Phi) is 2.61. The lowest BCUT2D eigenvalue weighted by Crippen LogP contribution is -2.47. The van der Waals surface area contributed by atoms with Crippen LogP contribution in [0.4, 0.5) is 0 Å². The summed E-state index contributed by atoms with van der Waals surface area (Å²) in [6.07, 6.45) is 7.91. The van der Waals surface area contributed by atoms with Gasteiger partial charge in [0, 0.05) is 0 Å². The Morgan fingerprint density at radius 1 is 1.00 bits per heavy atom. The van der Waals surface area contributed by atoms with Crippen LogP contribution in [0.15, 0.2) is 0 Å². The topological polar surface area (TPSA) is 40.5 Å². The Hall–Kier alpha value is -0.0800. The predicted octanol–water partition coefficient (Wildman–Crippen LogP) is 1.84. The summed E-state index contributed by atoms with van der Waals surface area (Å²) < 4.78 is 0. The highest BCUT2D eigenvalue weighted by Crippen LogP contribution is 2.40. The van der Waals surface area contributed by atoms with Crippen molar-refractivity contribution >= 4 is 0 Å². The molecule has 2 aliphatic carbocycles. The normalized spacial score (nSPS) is 46.6. The molecule has 3 unspecified atom stereocenters. The highest BCUT2D eigenvalue weighted by Gasteiger charge is 2.40. The Morgan fingerprint density at radius 2 is 1.69 bits per heavy atom. The van der Waals surface area contributed by atoms with Crippen molar-refractivity contribution < 1.29 is 10.2 Å². The van der Waals surface area contributed by atoms with E-state index in [2.05, 4.69) is 0 Å². The molecule has 2 rings (SSSR count). The molecular weight excluding hydrogens is 164 g/mol. The average Bonchev–Trinajstić information content (AvgIpc) is 2.11. The largest absolute Gasteiger partial charge is 0.390 e. The van der Waals surface area contributed by atoms with Gasteiger partial charge in [0.25, 0.3) is 0 Å². The molecule has 2 aliphatic rings. The third-order valence-electron chi connectivity index (χ3n) is 3.82. The summed E-state index contributed by atoms with van der Waals surface area (Å²) in [5, 5.41) is 20.1. The summed E-state index contributed by atoms with van der Waals surface area (Å²) in [5.41, 5.74) is -0.733. The van der Waals surface area contributed by atoms with E-state index in [1.807, 2.05) is 0 Å². The van der Waals surface area contributed by atoms with Gasteiger partial charge in [-0.1, -0.05) is 32.1 Å². The third-order valence-corrected chi connectivity index (χ3v) is 3.82. The van der Waals surface area contributed by atoms with E-state index in [4.69, 9.17) is 0 Å². The molecular formula is C11H20O2. The fraction of sp³-hybridized carbons (Fsp3) is 1.00. The van der Waals surface area contributed by atoms with Gasteiger partial charge in [-0.2, -0.15) is 0 Å². The van der Waals surface area contributed by atoms with Crippen molar-refractivity contribution in [3.05, 3.63) is 0 Å². The Bertz CT molecular complexity index is 181. The van der Waals surface area contributed by atoms with E-state index in [1.165, 1.54) is 19.3 Å². The number of aliphatic hydroxyl groups is 2. The molecule has 13 heavy (non-hydrogen) atoms. The van der Waals surface area contributed by atoms with Crippen LogP contribution in [0, 0.1) is 5.92 Å². The van der Waals surface area contributed by atoms with E-state index in [1.54, 1.807) is 0 Å². The number of hydrogen-bond donors (Lipinski definition) is 2. The zero-order chi connectivity index (χ0) is 9.31. The molecule has 2 fully saturated rings. The standard InChI is InChI=1S/C11H20O2/c12-10-6-2-1-4-9-5-3-7-11(10,13)8-9/h9-10,12-13H,1-8H2. The third kappa shape index (κ3) is 1.89. The van der Waals surface area contributed by atoms with Crippen molar-refractivity contribution in [2.45, 2.75) is 63.1 Å². The van der Waals surface area contributed by atoms with Crippen LogP contribution in [0.2, 0.25) is 0 Å². The summed E-state index contributed by atoms with van der Waals surface area (Å²) in [7, 11) is 0. The highest BCUT2D eigenvalue weighted by atomic mass is 16.3. The fourth-order valence-electron chi connectivity index (χ4n) is 2.99. The van der Waals surface area contributed by atoms with E-state index in [0.717, 1.165) is 32.1 Å². The van der Waals surface area contributed by atoms with Crippen LogP contribution < -0.4 is 0 Å². The van der Waals surface area contributed by atoms with Gasteiger partial charge in [-0.15, -0.1) is 0 Å². The first kappa shape index (κ1) is 9.47. The van der Waals surface area contributed by atoms with Crippen molar-refractivity contribution in [1.82, 2.24) is 0 Å². The molecule has 3 atom stereocenters. The quantitative estimate of drug-likeness (QED) is 0.603. The highest BCUT2D eigenvalue weighted by molar-refractivity contribution is 4.93. The first-order chi connectivity index (χ1) is 6.21. The molecule has 0 amide bonds. The first-order valence-electron chi connectivity index (χ1n) is 5.61. The van der Waals surface area contributed by atoms with Crippen molar-refractivity contribution in [1.29, 1.82) is 0 Å². The fourth-order valence-corrected chi connectivity index (χ4v) is 2.99. The minimum absolute atomic E-state index is 0.462. The van der Waals surface area contributed by atoms with E-state index in [0.29, 0.717) is 5.92 Å². The van der Waals surface area contributed by atoms with Gasteiger partial charge in [0.05, 0.1) is 11.7 Å². The van der Waals surface area contributed by atoms with Crippen molar-refractivity contribution in [2.24, 2.45) is 5.92 Å². The molecule has 2 saturated carbocycles. The lowest BCUT2D eigenvalue weighted by Gasteiger charge is -2.41. The SMILES string of the molecule is OC1CCCCC2CCCC1(O)C2. The summed E-state index contributed by atoms with van der Waals surface area (Å²) in [4.78, 5) is 0. The van der Waals surface area contributed by atoms with Crippen LogP contribution in [-0.2, 0) is 0 Å². The molecule has 2 heteroatoms. The van der Waals surface area contributed by atoms with Gasteiger partial charge in [-0.05, 0) is 25.2 Å². The van der Waals surface area contributed by atoms with E-state index in [9.17, 15) is 10.2 Å². The van der Waals surface area contributed by atoms with Crippen LogP contribution in [0.25, 0.3) is 0 Å². The zero-order valence-electron chi connectivity index (χ0n) is 8.21. The molecule has 76 valence electrons. The van der Waals surface area contributed by atoms with Gasteiger partial charge >= 0.3 is 0 Å². The number of rotatable bonds is 0. The predicted molar refractivity (Wildman–Crippen MR) is 51.4 cm³/mol. The molecule has 0 heterocycles. The second-order valence-corrected chi connectivity index (χ2v) is 4.87. The number of aliphatic hydroxyl groups excluding tert-OH is 1. The minimum atomic E-state index is -0.733. The molecule has 0 aromatic carbocycles. The Balaban J connectivity index is 2.09.